The lowest BCUT2D eigenvalue weighted by atomic mass is 9.91. The van der Waals surface area contributed by atoms with Gasteiger partial charge in [-0.05, 0) is 5.92 Å². The molecule has 0 aromatic heterocycles. The van der Waals surface area contributed by atoms with Gasteiger partial charge in [-0.1, -0.05) is 93.4 Å². The van der Waals surface area contributed by atoms with Crippen LogP contribution in [0, 0.1) is 5.92 Å². The van der Waals surface area contributed by atoms with Crippen molar-refractivity contribution in [2.45, 2.75) is 93.4 Å². The molecule has 0 heteroatoms. The highest BCUT2D eigenvalue weighted by molar-refractivity contribution is 4.59. The van der Waals surface area contributed by atoms with Gasteiger partial charge >= 0.3 is 0 Å². The van der Waals surface area contributed by atoms with Crippen molar-refractivity contribution >= 4 is 0 Å². The predicted molar refractivity (Wildman–Crippen MR) is 75.5 cm³/mol. The Hall–Kier alpha value is 0. The third-order valence-corrected chi connectivity index (χ3v) is 1.89. The maximum atomic E-state index is 2.36. The first-order chi connectivity index (χ1) is 7.22. The second kappa shape index (κ2) is 23.7. The van der Waals surface area contributed by atoms with E-state index in [1.807, 2.05) is 13.8 Å². The quantitative estimate of drug-likeness (QED) is 0.437. The maximum Gasteiger partial charge on any atom is -0.0443 e. The summed E-state index contributed by atoms with van der Waals surface area (Å²) in [5.41, 5.74) is 0. The first-order valence-electron chi connectivity index (χ1n) is 7.22. The lowest BCUT2D eigenvalue weighted by Crippen LogP contribution is -1.99. The van der Waals surface area contributed by atoms with E-state index in [0.29, 0.717) is 0 Å². The Labute approximate surface area is 99.9 Å². The molecule has 0 heterocycles. The predicted octanol–water partition coefficient (Wildman–Crippen LogP) is 6.45. The minimum absolute atomic E-state index is 1.04. The zero-order chi connectivity index (χ0) is 12.5. The van der Waals surface area contributed by atoms with Crippen molar-refractivity contribution in [3.05, 3.63) is 0 Å². The average Bonchev–Trinajstić information content (AvgIpc) is 2.24. The molecule has 0 aliphatic heterocycles. The van der Waals surface area contributed by atoms with Crippen LogP contribution in [0.5, 0.6) is 0 Å². The van der Waals surface area contributed by atoms with Crippen LogP contribution in [0.25, 0.3) is 0 Å². The van der Waals surface area contributed by atoms with Gasteiger partial charge in [0.1, 0.15) is 0 Å². The van der Waals surface area contributed by atoms with Gasteiger partial charge in [-0.2, -0.15) is 0 Å². The normalized spacial score (nSPS) is 14.6. The molecule has 0 nitrogen and oxygen atoms in total. The molecule has 0 atom stereocenters. The topological polar surface area (TPSA) is 0 Å². The van der Waals surface area contributed by atoms with Crippen LogP contribution >= 0.6 is 0 Å². The Morgan fingerprint density at radius 3 is 1.13 bits per heavy atom. The van der Waals surface area contributed by atoms with Gasteiger partial charge in [-0.15, -0.1) is 0 Å². The lowest BCUT2D eigenvalue weighted by Gasteiger charge is -2.15. The molecule has 0 saturated heterocycles. The molecule has 0 spiro atoms. The van der Waals surface area contributed by atoms with Crippen LogP contribution in [0.1, 0.15) is 93.4 Å². The molecule has 1 aliphatic rings. The van der Waals surface area contributed by atoms with Gasteiger partial charge in [0.25, 0.3) is 0 Å². The summed E-state index contributed by atoms with van der Waals surface area (Å²) < 4.78 is 0. The van der Waals surface area contributed by atoms with Crippen molar-refractivity contribution in [1.82, 2.24) is 0 Å². The van der Waals surface area contributed by atoms with E-state index in [1.165, 1.54) is 44.9 Å². The molecule has 0 unspecified atom stereocenters. The van der Waals surface area contributed by atoms with Crippen LogP contribution < -0.4 is 0 Å². The highest BCUT2D eigenvalue weighted by Gasteiger charge is 2.05. The van der Waals surface area contributed by atoms with E-state index in [0.717, 1.165) is 5.92 Å². The Bertz CT molecular complexity index is 58.4. The standard InChI is InChI=1S/C7H14.2C3H8.C2H6/c1-7-5-3-2-4-6-7;2*1-3-2;1-2/h7H,2-6H2,1H3;2*3H2,1-2H3;1-2H3. The Morgan fingerprint density at radius 2 is 1.00 bits per heavy atom. The monoisotopic (exact) mass is 216 g/mol. The van der Waals surface area contributed by atoms with E-state index < -0.39 is 0 Å². The third kappa shape index (κ3) is 31.5. The van der Waals surface area contributed by atoms with E-state index >= 15 is 0 Å². The fraction of sp³-hybridized carbons (Fsp3) is 1.00. The van der Waals surface area contributed by atoms with Crippen LogP contribution in [0.4, 0.5) is 0 Å². The molecule has 0 radical (unpaired) electrons. The van der Waals surface area contributed by atoms with Crippen LogP contribution in [0.3, 0.4) is 0 Å². The lowest BCUT2D eigenvalue weighted by molar-refractivity contribution is 0.385. The molecule has 0 aromatic rings. The van der Waals surface area contributed by atoms with E-state index in [1.54, 1.807) is 0 Å². The van der Waals surface area contributed by atoms with Crippen molar-refractivity contribution < 1.29 is 0 Å². The first-order valence-corrected chi connectivity index (χ1v) is 7.22. The van der Waals surface area contributed by atoms with E-state index in [-0.39, 0.29) is 0 Å². The zero-order valence-corrected chi connectivity index (χ0v) is 12.5. The van der Waals surface area contributed by atoms with Crippen molar-refractivity contribution in [2.75, 3.05) is 0 Å². The molecule has 1 fully saturated rings. The summed E-state index contributed by atoms with van der Waals surface area (Å²) in [6.45, 7) is 14.9. The van der Waals surface area contributed by atoms with E-state index in [9.17, 15) is 0 Å². The van der Waals surface area contributed by atoms with Gasteiger partial charge in [0, 0.05) is 0 Å². The molecule has 0 bridgehead atoms. The van der Waals surface area contributed by atoms with Crippen LogP contribution in [0.15, 0.2) is 0 Å². The van der Waals surface area contributed by atoms with E-state index in [2.05, 4.69) is 34.6 Å². The fourth-order valence-corrected chi connectivity index (χ4v) is 1.31. The molecule has 1 saturated carbocycles. The molecule has 1 aliphatic carbocycles. The minimum atomic E-state index is 1.04. The van der Waals surface area contributed by atoms with Crippen molar-refractivity contribution in [1.29, 1.82) is 0 Å². The Kier molecular flexibility index (Phi) is 32.2. The fourth-order valence-electron chi connectivity index (χ4n) is 1.31. The smallest absolute Gasteiger partial charge is 0.0443 e. The first kappa shape index (κ1) is 20.4. The number of hydrogen-bond donors (Lipinski definition) is 0. The molecular weight excluding hydrogens is 180 g/mol. The molecule has 96 valence electrons. The highest BCUT2D eigenvalue weighted by Crippen LogP contribution is 2.21. The van der Waals surface area contributed by atoms with Crippen LogP contribution in [0.2, 0.25) is 0 Å². The van der Waals surface area contributed by atoms with Gasteiger partial charge in [0.2, 0.25) is 0 Å². The molecule has 0 amide bonds. The van der Waals surface area contributed by atoms with Crippen molar-refractivity contribution in [3.63, 3.8) is 0 Å². The summed E-state index contributed by atoms with van der Waals surface area (Å²) in [6.07, 6.45) is 9.94. The van der Waals surface area contributed by atoms with Gasteiger partial charge in [-0.3, -0.25) is 0 Å². The van der Waals surface area contributed by atoms with Gasteiger partial charge in [0.15, 0.2) is 0 Å². The Morgan fingerprint density at radius 1 is 0.733 bits per heavy atom. The highest BCUT2D eigenvalue weighted by atomic mass is 14.1. The van der Waals surface area contributed by atoms with Gasteiger partial charge in [-0.25, -0.2) is 0 Å². The summed E-state index contributed by atoms with van der Waals surface area (Å²) in [7, 11) is 0. The van der Waals surface area contributed by atoms with Gasteiger partial charge in [0.05, 0.1) is 0 Å². The van der Waals surface area contributed by atoms with Crippen molar-refractivity contribution in [2.24, 2.45) is 5.92 Å². The largest absolute Gasteiger partial charge is 0.0683 e. The molecule has 0 aromatic carbocycles. The third-order valence-electron chi connectivity index (χ3n) is 1.89. The minimum Gasteiger partial charge on any atom is -0.0683 e. The van der Waals surface area contributed by atoms with Crippen molar-refractivity contribution in [3.8, 4) is 0 Å². The second-order valence-corrected chi connectivity index (χ2v) is 4.16. The molecule has 15 heavy (non-hydrogen) atoms. The maximum absolute atomic E-state index is 2.36. The van der Waals surface area contributed by atoms with Crippen LogP contribution in [-0.4, -0.2) is 0 Å². The number of hydrogen-bond acceptors (Lipinski definition) is 0. The van der Waals surface area contributed by atoms with Crippen LogP contribution in [-0.2, 0) is 0 Å². The molecule has 1 rings (SSSR count). The average molecular weight is 216 g/mol. The number of rotatable bonds is 0. The molecule has 0 N–H and O–H groups in total. The summed E-state index contributed by atoms with van der Waals surface area (Å²) in [5.74, 6) is 1.04. The molecular formula is C15H36. The summed E-state index contributed by atoms with van der Waals surface area (Å²) in [6, 6.07) is 0. The summed E-state index contributed by atoms with van der Waals surface area (Å²) >= 11 is 0. The Balaban J connectivity index is -0.000000154. The second-order valence-electron chi connectivity index (χ2n) is 4.16. The SMILES string of the molecule is CC.CC1CCCCC1.CCC.CCC. The summed E-state index contributed by atoms with van der Waals surface area (Å²) in [5, 5.41) is 0. The zero-order valence-electron chi connectivity index (χ0n) is 12.5. The van der Waals surface area contributed by atoms with Gasteiger partial charge < -0.3 is 0 Å². The van der Waals surface area contributed by atoms with E-state index in [4.69, 9.17) is 0 Å². The summed E-state index contributed by atoms with van der Waals surface area (Å²) in [4.78, 5) is 0.